The standard InChI is InChI=1S/C11H16N4O2/c1-8-2-3-9(10(12)14-8)17-7-6-15-5-4-13-11(15)16/h2-3H,4-7H2,1H3,(H2,12,14)(H,13,16). The minimum absolute atomic E-state index is 0.0383. The molecule has 0 saturated carbocycles. The van der Waals surface area contributed by atoms with E-state index in [4.69, 9.17) is 10.5 Å². The molecular formula is C11H16N4O2. The summed E-state index contributed by atoms with van der Waals surface area (Å²) >= 11 is 0. The molecule has 6 nitrogen and oxygen atoms in total. The highest BCUT2D eigenvalue weighted by Crippen LogP contribution is 2.18. The number of ether oxygens (including phenoxy) is 1. The molecule has 17 heavy (non-hydrogen) atoms. The lowest BCUT2D eigenvalue weighted by Crippen LogP contribution is -2.31. The molecule has 0 aromatic carbocycles. The Morgan fingerprint density at radius 2 is 2.41 bits per heavy atom. The van der Waals surface area contributed by atoms with E-state index in [9.17, 15) is 4.79 Å². The minimum atomic E-state index is -0.0383. The molecule has 0 radical (unpaired) electrons. The molecule has 1 aliphatic rings. The van der Waals surface area contributed by atoms with Crippen LogP contribution in [0.15, 0.2) is 12.1 Å². The van der Waals surface area contributed by atoms with Gasteiger partial charge >= 0.3 is 6.03 Å². The van der Waals surface area contributed by atoms with Crippen molar-refractivity contribution in [2.75, 3.05) is 32.0 Å². The first-order valence-electron chi connectivity index (χ1n) is 5.55. The molecule has 1 aliphatic heterocycles. The highest BCUT2D eigenvalue weighted by molar-refractivity contribution is 5.76. The van der Waals surface area contributed by atoms with Crippen molar-refractivity contribution in [3.63, 3.8) is 0 Å². The fraction of sp³-hybridized carbons (Fsp3) is 0.455. The molecule has 2 heterocycles. The SMILES string of the molecule is Cc1ccc(OCCN2CCNC2=O)c(N)n1. The van der Waals surface area contributed by atoms with Crippen molar-refractivity contribution in [3.05, 3.63) is 17.8 Å². The van der Waals surface area contributed by atoms with Crippen molar-refractivity contribution in [2.45, 2.75) is 6.92 Å². The highest BCUT2D eigenvalue weighted by atomic mass is 16.5. The number of carbonyl (C=O) groups is 1. The van der Waals surface area contributed by atoms with E-state index in [-0.39, 0.29) is 6.03 Å². The number of nitrogen functional groups attached to an aromatic ring is 1. The third-order valence-electron chi connectivity index (χ3n) is 2.59. The van der Waals surface area contributed by atoms with Crippen LogP contribution in [0.5, 0.6) is 5.75 Å². The summed E-state index contributed by atoms with van der Waals surface area (Å²) in [7, 11) is 0. The molecule has 1 aromatic rings. The molecule has 1 fully saturated rings. The van der Waals surface area contributed by atoms with E-state index in [2.05, 4.69) is 10.3 Å². The lowest BCUT2D eigenvalue weighted by Gasteiger charge is -2.15. The van der Waals surface area contributed by atoms with Crippen molar-refractivity contribution >= 4 is 11.8 Å². The predicted octanol–water partition coefficient (Wildman–Crippen LogP) is 0.376. The molecule has 3 N–H and O–H groups in total. The number of aromatic nitrogens is 1. The van der Waals surface area contributed by atoms with Gasteiger partial charge in [0.1, 0.15) is 6.61 Å². The first-order valence-corrected chi connectivity index (χ1v) is 5.55. The lowest BCUT2D eigenvalue weighted by molar-refractivity contribution is 0.203. The second-order valence-electron chi connectivity index (χ2n) is 3.90. The zero-order valence-corrected chi connectivity index (χ0v) is 9.77. The number of carbonyl (C=O) groups excluding carboxylic acids is 1. The van der Waals surface area contributed by atoms with E-state index in [1.807, 2.05) is 13.0 Å². The molecule has 1 aromatic heterocycles. The molecule has 92 valence electrons. The molecule has 0 spiro atoms. The van der Waals surface area contributed by atoms with Crippen LogP contribution in [0.4, 0.5) is 10.6 Å². The normalized spacial score (nSPS) is 14.9. The van der Waals surface area contributed by atoms with E-state index >= 15 is 0 Å². The van der Waals surface area contributed by atoms with Gasteiger partial charge in [0, 0.05) is 18.8 Å². The maximum atomic E-state index is 11.3. The summed E-state index contributed by atoms with van der Waals surface area (Å²) in [4.78, 5) is 17.1. The topological polar surface area (TPSA) is 80.5 Å². The molecule has 2 rings (SSSR count). The van der Waals surface area contributed by atoms with E-state index in [0.29, 0.717) is 31.3 Å². The lowest BCUT2D eigenvalue weighted by atomic mass is 10.3. The third-order valence-corrected chi connectivity index (χ3v) is 2.59. The van der Waals surface area contributed by atoms with Crippen LogP contribution in [-0.2, 0) is 0 Å². The monoisotopic (exact) mass is 236 g/mol. The number of rotatable bonds is 4. The second kappa shape index (κ2) is 4.90. The van der Waals surface area contributed by atoms with Gasteiger partial charge in [-0.25, -0.2) is 9.78 Å². The number of nitrogens with two attached hydrogens (primary N) is 1. The quantitative estimate of drug-likeness (QED) is 0.791. The smallest absolute Gasteiger partial charge is 0.317 e. The zero-order valence-electron chi connectivity index (χ0n) is 9.77. The average Bonchev–Trinajstić information content (AvgIpc) is 2.68. The Morgan fingerprint density at radius 1 is 1.59 bits per heavy atom. The maximum Gasteiger partial charge on any atom is 0.317 e. The Morgan fingerprint density at radius 3 is 3.06 bits per heavy atom. The van der Waals surface area contributed by atoms with Crippen molar-refractivity contribution < 1.29 is 9.53 Å². The van der Waals surface area contributed by atoms with Crippen LogP contribution in [0.2, 0.25) is 0 Å². The van der Waals surface area contributed by atoms with E-state index in [0.717, 1.165) is 12.2 Å². The van der Waals surface area contributed by atoms with Gasteiger partial charge in [-0.05, 0) is 19.1 Å². The third kappa shape index (κ3) is 2.77. The number of pyridine rings is 1. The fourth-order valence-electron chi connectivity index (χ4n) is 1.68. The molecule has 2 amide bonds. The van der Waals surface area contributed by atoms with Gasteiger partial charge in [-0.3, -0.25) is 0 Å². The van der Waals surface area contributed by atoms with Crippen molar-refractivity contribution in [1.82, 2.24) is 15.2 Å². The summed E-state index contributed by atoms with van der Waals surface area (Å²) in [5.74, 6) is 0.950. The van der Waals surface area contributed by atoms with Crippen molar-refractivity contribution in [3.8, 4) is 5.75 Å². The Kier molecular flexibility index (Phi) is 3.32. The van der Waals surface area contributed by atoms with Gasteiger partial charge in [0.05, 0.1) is 6.54 Å². The minimum Gasteiger partial charge on any atom is -0.488 e. The number of urea groups is 1. The number of nitrogens with one attached hydrogen (secondary N) is 1. The Balaban J connectivity index is 1.83. The van der Waals surface area contributed by atoms with Gasteiger partial charge in [-0.2, -0.15) is 0 Å². The fourth-order valence-corrected chi connectivity index (χ4v) is 1.68. The zero-order chi connectivity index (χ0) is 12.3. The van der Waals surface area contributed by atoms with Crippen LogP contribution in [0.25, 0.3) is 0 Å². The molecule has 6 heteroatoms. The van der Waals surface area contributed by atoms with Crippen LogP contribution in [-0.4, -0.2) is 42.2 Å². The summed E-state index contributed by atoms with van der Waals surface area (Å²) in [6.45, 7) is 4.27. The van der Waals surface area contributed by atoms with Crippen LogP contribution >= 0.6 is 0 Å². The molecule has 0 aliphatic carbocycles. The van der Waals surface area contributed by atoms with Gasteiger partial charge in [-0.15, -0.1) is 0 Å². The summed E-state index contributed by atoms with van der Waals surface area (Å²) < 4.78 is 5.49. The van der Waals surface area contributed by atoms with Gasteiger partial charge in [0.25, 0.3) is 0 Å². The summed E-state index contributed by atoms with van der Waals surface area (Å²) in [6.07, 6.45) is 0. The highest BCUT2D eigenvalue weighted by Gasteiger charge is 2.18. The Bertz CT molecular complexity index is 422. The number of anilines is 1. The number of aryl methyl sites for hydroxylation is 1. The van der Waals surface area contributed by atoms with Crippen LogP contribution in [0.1, 0.15) is 5.69 Å². The van der Waals surface area contributed by atoms with Gasteiger partial charge in [0.2, 0.25) is 0 Å². The van der Waals surface area contributed by atoms with Crippen molar-refractivity contribution in [1.29, 1.82) is 0 Å². The number of hydrogen-bond donors (Lipinski definition) is 2. The van der Waals surface area contributed by atoms with E-state index in [1.54, 1.807) is 11.0 Å². The first-order chi connectivity index (χ1) is 8.16. The largest absolute Gasteiger partial charge is 0.488 e. The average molecular weight is 236 g/mol. The van der Waals surface area contributed by atoms with Crippen LogP contribution < -0.4 is 15.8 Å². The van der Waals surface area contributed by atoms with E-state index < -0.39 is 0 Å². The predicted molar refractivity (Wildman–Crippen MR) is 63.9 cm³/mol. The van der Waals surface area contributed by atoms with Gasteiger partial charge in [-0.1, -0.05) is 0 Å². The molecule has 0 unspecified atom stereocenters. The Hall–Kier alpha value is -1.98. The molecule has 1 saturated heterocycles. The molecule has 0 atom stereocenters. The maximum absolute atomic E-state index is 11.3. The molecule has 0 bridgehead atoms. The first kappa shape index (κ1) is 11.5. The number of hydrogen-bond acceptors (Lipinski definition) is 4. The molecular weight excluding hydrogens is 220 g/mol. The van der Waals surface area contributed by atoms with E-state index in [1.165, 1.54) is 0 Å². The van der Waals surface area contributed by atoms with Crippen LogP contribution in [0.3, 0.4) is 0 Å². The van der Waals surface area contributed by atoms with Crippen molar-refractivity contribution in [2.24, 2.45) is 0 Å². The Labute approximate surface area is 99.8 Å². The number of amides is 2. The number of nitrogens with zero attached hydrogens (tertiary/aromatic N) is 2. The second-order valence-corrected chi connectivity index (χ2v) is 3.90. The summed E-state index contributed by atoms with van der Waals surface area (Å²) in [5, 5.41) is 2.73. The van der Waals surface area contributed by atoms with Crippen LogP contribution in [0, 0.1) is 6.92 Å². The summed E-state index contributed by atoms with van der Waals surface area (Å²) in [5.41, 5.74) is 6.57. The van der Waals surface area contributed by atoms with Gasteiger partial charge in [0.15, 0.2) is 11.6 Å². The van der Waals surface area contributed by atoms with Gasteiger partial charge < -0.3 is 20.7 Å². The summed E-state index contributed by atoms with van der Waals surface area (Å²) in [6, 6.07) is 3.60.